The third kappa shape index (κ3) is 4.06. The Hall–Kier alpha value is -3.00. The maximum Gasteiger partial charge on any atom is 0.323 e. The Bertz CT molecular complexity index is 921. The highest BCUT2D eigenvalue weighted by molar-refractivity contribution is 7.10. The number of piperazine rings is 1. The van der Waals surface area contributed by atoms with Crippen LogP contribution in [0.5, 0.6) is 0 Å². The van der Waals surface area contributed by atoms with Crippen LogP contribution in [0.25, 0.3) is 11.4 Å². The fourth-order valence-electron chi connectivity index (χ4n) is 3.04. The van der Waals surface area contributed by atoms with E-state index in [1.165, 1.54) is 11.5 Å². The van der Waals surface area contributed by atoms with E-state index in [9.17, 15) is 4.79 Å². The topological polar surface area (TPSA) is 74.2 Å². The van der Waals surface area contributed by atoms with Crippen molar-refractivity contribution in [3.8, 4) is 11.4 Å². The predicted molar refractivity (Wildman–Crippen MR) is 107 cm³/mol. The van der Waals surface area contributed by atoms with Crippen molar-refractivity contribution in [3.05, 3.63) is 54.4 Å². The first-order valence-corrected chi connectivity index (χ1v) is 9.59. The van der Waals surface area contributed by atoms with E-state index in [1.807, 2.05) is 54.4 Å². The molecule has 0 atom stereocenters. The number of carbonyl (C=O) groups is 1. The van der Waals surface area contributed by atoms with Crippen LogP contribution in [0.15, 0.2) is 48.7 Å². The third-order valence-electron chi connectivity index (χ3n) is 4.48. The standard InChI is InChI=1S/C19H20N6OS/c1-14-13-16(7-8-20-14)24-9-11-25(12-10-24)19(26)22-18-21-17(23-27-18)15-5-3-2-4-6-15/h2-8,13H,9-12H2,1H3,(H,21,22,23,26). The predicted octanol–water partition coefficient (Wildman–Crippen LogP) is 3.26. The quantitative estimate of drug-likeness (QED) is 0.755. The van der Waals surface area contributed by atoms with Crippen molar-refractivity contribution < 1.29 is 4.79 Å². The normalized spacial score (nSPS) is 14.3. The Kier molecular flexibility index (Phi) is 4.97. The number of amides is 2. The minimum absolute atomic E-state index is 0.128. The van der Waals surface area contributed by atoms with Gasteiger partial charge in [-0.3, -0.25) is 10.3 Å². The number of aromatic nitrogens is 3. The van der Waals surface area contributed by atoms with Crippen LogP contribution < -0.4 is 10.2 Å². The molecule has 27 heavy (non-hydrogen) atoms. The van der Waals surface area contributed by atoms with Crippen molar-refractivity contribution in [1.82, 2.24) is 19.2 Å². The van der Waals surface area contributed by atoms with Gasteiger partial charge in [0.05, 0.1) is 0 Å². The van der Waals surface area contributed by atoms with Crippen LogP contribution in [-0.2, 0) is 0 Å². The molecular formula is C19H20N6OS. The van der Waals surface area contributed by atoms with Gasteiger partial charge in [-0.15, -0.1) is 0 Å². The summed E-state index contributed by atoms with van der Waals surface area (Å²) < 4.78 is 4.33. The smallest absolute Gasteiger partial charge is 0.323 e. The van der Waals surface area contributed by atoms with Gasteiger partial charge in [0.2, 0.25) is 5.13 Å². The SMILES string of the molecule is Cc1cc(N2CCN(C(=O)Nc3nc(-c4ccccc4)ns3)CC2)ccn1. The first-order chi connectivity index (χ1) is 13.2. The number of hydrogen-bond donors (Lipinski definition) is 1. The Balaban J connectivity index is 1.34. The van der Waals surface area contributed by atoms with Gasteiger partial charge in [0.25, 0.3) is 0 Å². The monoisotopic (exact) mass is 380 g/mol. The fourth-order valence-corrected chi connectivity index (χ4v) is 3.62. The van der Waals surface area contributed by atoms with E-state index >= 15 is 0 Å². The van der Waals surface area contributed by atoms with Crippen LogP contribution in [0, 0.1) is 6.92 Å². The van der Waals surface area contributed by atoms with Gasteiger partial charge in [0.1, 0.15) is 0 Å². The molecule has 0 spiro atoms. The molecule has 0 bridgehead atoms. The number of urea groups is 1. The number of anilines is 2. The van der Waals surface area contributed by atoms with Crippen molar-refractivity contribution in [2.24, 2.45) is 0 Å². The molecular weight excluding hydrogens is 360 g/mol. The average Bonchev–Trinajstić information content (AvgIpc) is 3.17. The molecule has 4 rings (SSSR count). The molecule has 1 N–H and O–H groups in total. The molecule has 7 nitrogen and oxygen atoms in total. The lowest BCUT2D eigenvalue weighted by molar-refractivity contribution is 0.208. The lowest BCUT2D eigenvalue weighted by Gasteiger charge is -2.35. The van der Waals surface area contributed by atoms with Crippen LogP contribution in [0.1, 0.15) is 5.69 Å². The minimum Gasteiger partial charge on any atom is -0.368 e. The highest BCUT2D eigenvalue weighted by Crippen LogP contribution is 2.21. The third-order valence-corrected chi connectivity index (χ3v) is 5.11. The van der Waals surface area contributed by atoms with E-state index in [-0.39, 0.29) is 6.03 Å². The Morgan fingerprint density at radius 2 is 1.89 bits per heavy atom. The fraction of sp³-hybridized carbons (Fsp3) is 0.263. The maximum atomic E-state index is 12.5. The Morgan fingerprint density at radius 1 is 1.11 bits per heavy atom. The second kappa shape index (κ2) is 7.71. The molecule has 2 aromatic heterocycles. The maximum absolute atomic E-state index is 12.5. The van der Waals surface area contributed by atoms with E-state index in [0.717, 1.165) is 30.0 Å². The van der Waals surface area contributed by atoms with Gasteiger partial charge < -0.3 is 9.80 Å². The van der Waals surface area contributed by atoms with Crippen LogP contribution in [0.3, 0.4) is 0 Å². The van der Waals surface area contributed by atoms with E-state index in [2.05, 4.69) is 30.6 Å². The lowest BCUT2D eigenvalue weighted by atomic mass is 10.2. The van der Waals surface area contributed by atoms with Gasteiger partial charge in [-0.1, -0.05) is 30.3 Å². The summed E-state index contributed by atoms with van der Waals surface area (Å²) in [5.74, 6) is 0.633. The summed E-state index contributed by atoms with van der Waals surface area (Å²) in [5, 5.41) is 3.39. The van der Waals surface area contributed by atoms with Crippen LogP contribution in [-0.4, -0.2) is 51.5 Å². The number of rotatable bonds is 3. The Morgan fingerprint density at radius 3 is 2.63 bits per heavy atom. The molecule has 0 unspecified atom stereocenters. The number of aryl methyl sites for hydroxylation is 1. The largest absolute Gasteiger partial charge is 0.368 e. The van der Waals surface area contributed by atoms with Gasteiger partial charge in [-0.25, -0.2) is 4.79 Å². The van der Waals surface area contributed by atoms with Crippen molar-refractivity contribution in [2.75, 3.05) is 36.4 Å². The molecule has 8 heteroatoms. The summed E-state index contributed by atoms with van der Waals surface area (Å²) in [4.78, 5) is 25.3. The van der Waals surface area contributed by atoms with Crippen LogP contribution >= 0.6 is 11.5 Å². The summed E-state index contributed by atoms with van der Waals surface area (Å²) in [5.41, 5.74) is 3.09. The summed E-state index contributed by atoms with van der Waals surface area (Å²) >= 11 is 1.20. The molecule has 1 fully saturated rings. The zero-order valence-corrected chi connectivity index (χ0v) is 15.8. The second-order valence-corrected chi connectivity index (χ2v) is 7.10. The zero-order chi connectivity index (χ0) is 18.6. The van der Waals surface area contributed by atoms with Crippen LogP contribution in [0.2, 0.25) is 0 Å². The molecule has 1 aliphatic rings. The van der Waals surface area contributed by atoms with Gasteiger partial charge in [-0.2, -0.15) is 9.36 Å². The summed E-state index contributed by atoms with van der Waals surface area (Å²) in [6.45, 7) is 4.90. The summed E-state index contributed by atoms with van der Waals surface area (Å²) in [7, 11) is 0. The first kappa shape index (κ1) is 17.4. The molecule has 3 heterocycles. The molecule has 2 amide bonds. The van der Waals surface area contributed by atoms with Crippen molar-refractivity contribution in [1.29, 1.82) is 0 Å². The number of nitrogens with zero attached hydrogens (tertiary/aromatic N) is 5. The van der Waals surface area contributed by atoms with Gasteiger partial charge in [-0.05, 0) is 19.1 Å². The molecule has 0 radical (unpaired) electrons. The van der Waals surface area contributed by atoms with E-state index in [0.29, 0.717) is 24.0 Å². The number of hydrogen-bond acceptors (Lipinski definition) is 6. The second-order valence-electron chi connectivity index (χ2n) is 6.35. The lowest BCUT2D eigenvalue weighted by Crippen LogP contribution is -2.50. The Labute approximate surface area is 161 Å². The molecule has 0 aliphatic carbocycles. The first-order valence-electron chi connectivity index (χ1n) is 8.82. The van der Waals surface area contributed by atoms with Crippen molar-refractivity contribution in [2.45, 2.75) is 6.92 Å². The summed E-state index contributed by atoms with van der Waals surface area (Å²) in [6.07, 6.45) is 1.82. The van der Waals surface area contributed by atoms with Gasteiger partial charge in [0, 0.05) is 60.9 Å². The number of carbonyl (C=O) groups excluding carboxylic acids is 1. The highest BCUT2D eigenvalue weighted by Gasteiger charge is 2.22. The molecule has 1 saturated heterocycles. The number of pyridine rings is 1. The molecule has 1 aliphatic heterocycles. The van der Waals surface area contributed by atoms with Crippen molar-refractivity contribution >= 4 is 28.4 Å². The molecule has 1 aromatic carbocycles. The number of nitrogens with one attached hydrogen (secondary N) is 1. The molecule has 0 saturated carbocycles. The van der Waals surface area contributed by atoms with E-state index < -0.39 is 0 Å². The van der Waals surface area contributed by atoms with Gasteiger partial charge in [0.15, 0.2) is 5.82 Å². The molecule has 3 aromatic rings. The summed E-state index contributed by atoms with van der Waals surface area (Å²) in [6, 6.07) is 13.7. The molecule has 138 valence electrons. The highest BCUT2D eigenvalue weighted by atomic mass is 32.1. The number of benzene rings is 1. The van der Waals surface area contributed by atoms with Crippen molar-refractivity contribution in [3.63, 3.8) is 0 Å². The van der Waals surface area contributed by atoms with E-state index in [4.69, 9.17) is 0 Å². The minimum atomic E-state index is -0.128. The van der Waals surface area contributed by atoms with E-state index in [1.54, 1.807) is 0 Å². The zero-order valence-electron chi connectivity index (χ0n) is 15.0. The van der Waals surface area contributed by atoms with Gasteiger partial charge >= 0.3 is 6.03 Å². The average molecular weight is 380 g/mol. The van der Waals surface area contributed by atoms with Crippen LogP contribution in [0.4, 0.5) is 15.6 Å².